The van der Waals surface area contributed by atoms with Gasteiger partial charge in [0.15, 0.2) is 0 Å². The van der Waals surface area contributed by atoms with E-state index in [-0.39, 0.29) is 30.1 Å². The number of fused-ring (bicyclic) bond motifs is 1. The highest BCUT2D eigenvalue weighted by Gasteiger charge is 2.30. The van der Waals surface area contributed by atoms with Crippen LogP contribution in [-0.2, 0) is 11.3 Å². The van der Waals surface area contributed by atoms with Crippen molar-refractivity contribution in [3.8, 4) is 11.6 Å². The maximum atomic E-state index is 12.3. The van der Waals surface area contributed by atoms with Gasteiger partial charge in [-0.25, -0.2) is 9.97 Å². The SMILES string of the molecule is CCCC[C@H](CO)NC(=O)c1cnc(Oc2ccc3c(c2C)B(O)OC3)cn1. The summed E-state index contributed by atoms with van der Waals surface area (Å²) in [5.41, 5.74) is 2.56. The molecule has 9 heteroatoms. The fraction of sp³-hybridized carbons (Fsp3) is 0.421. The molecule has 1 atom stereocenters. The predicted molar refractivity (Wildman–Crippen MR) is 104 cm³/mol. The molecule has 1 aliphatic rings. The summed E-state index contributed by atoms with van der Waals surface area (Å²) in [6.07, 6.45) is 5.32. The second-order valence-corrected chi connectivity index (χ2v) is 6.76. The van der Waals surface area contributed by atoms with Crippen molar-refractivity contribution in [3.05, 3.63) is 41.3 Å². The van der Waals surface area contributed by atoms with Crippen LogP contribution in [0.5, 0.6) is 11.6 Å². The van der Waals surface area contributed by atoms with Gasteiger partial charge < -0.3 is 24.8 Å². The summed E-state index contributed by atoms with van der Waals surface area (Å²) < 4.78 is 11.0. The summed E-state index contributed by atoms with van der Waals surface area (Å²) in [7, 11) is -0.956. The zero-order chi connectivity index (χ0) is 20.1. The van der Waals surface area contributed by atoms with E-state index in [1.54, 1.807) is 6.07 Å². The first-order valence-corrected chi connectivity index (χ1v) is 9.37. The molecule has 0 fully saturated rings. The maximum absolute atomic E-state index is 12.3. The molecule has 3 N–H and O–H groups in total. The van der Waals surface area contributed by atoms with Crippen LogP contribution in [0.2, 0.25) is 0 Å². The van der Waals surface area contributed by atoms with Gasteiger partial charge in [0.2, 0.25) is 5.88 Å². The molecule has 8 nitrogen and oxygen atoms in total. The Hall–Kier alpha value is -2.49. The smallest absolute Gasteiger partial charge is 0.437 e. The van der Waals surface area contributed by atoms with E-state index in [1.165, 1.54) is 12.4 Å². The van der Waals surface area contributed by atoms with Crippen LogP contribution in [0.15, 0.2) is 24.5 Å². The van der Waals surface area contributed by atoms with Crippen molar-refractivity contribution in [3.63, 3.8) is 0 Å². The van der Waals surface area contributed by atoms with Crippen LogP contribution in [0.3, 0.4) is 0 Å². The van der Waals surface area contributed by atoms with Crippen LogP contribution in [0.1, 0.15) is 47.8 Å². The Balaban J connectivity index is 1.67. The van der Waals surface area contributed by atoms with Gasteiger partial charge in [-0.2, -0.15) is 0 Å². The number of hydrogen-bond acceptors (Lipinski definition) is 7. The van der Waals surface area contributed by atoms with Gasteiger partial charge in [0, 0.05) is 0 Å². The van der Waals surface area contributed by atoms with Crippen LogP contribution in [0.4, 0.5) is 0 Å². The lowest BCUT2D eigenvalue weighted by Gasteiger charge is -2.15. The van der Waals surface area contributed by atoms with Crippen LogP contribution >= 0.6 is 0 Å². The monoisotopic (exact) mass is 385 g/mol. The van der Waals surface area contributed by atoms with Crippen molar-refractivity contribution in [2.24, 2.45) is 0 Å². The molecule has 1 aliphatic heterocycles. The highest BCUT2D eigenvalue weighted by atomic mass is 16.5. The molecular formula is C19H24BN3O5. The topological polar surface area (TPSA) is 114 Å². The number of ether oxygens (including phenoxy) is 1. The van der Waals surface area contributed by atoms with E-state index in [9.17, 15) is 14.9 Å². The molecule has 3 rings (SSSR count). The van der Waals surface area contributed by atoms with Gasteiger partial charge in [-0.1, -0.05) is 25.8 Å². The molecular weight excluding hydrogens is 361 g/mol. The average molecular weight is 385 g/mol. The molecule has 0 spiro atoms. The van der Waals surface area contributed by atoms with Crippen molar-refractivity contribution >= 4 is 18.5 Å². The summed E-state index contributed by atoms with van der Waals surface area (Å²) >= 11 is 0. The molecule has 1 aromatic heterocycles. The van der Waals surface area contributed by atoms with Crippen molar-refractivity contribution in [2.45, 2.75) is 45.8 Å². The zero-order valence-corrected chi connectivity index (χ0v) is 16.0. The van der Waals surface area contributed by atoms with Crippen LogP contribution in [0.25, 0.3) is 0 Å². The summed E-state index contributed by atoms with van der Waals surface area (Å²) in [4.78, 5) is 20.5. The molecule has 0 saturated carbocycles. The molecule has 1 aromatic carbocycles. The third-order valence-corrected chi connectivity index (χ3v) is 4.74. The maximum Gasteiger partial charge on any atom is 0.492 e. The second kappa shape index (κ2) is 9.14. The van der Waals surface area contributed by atoms with Gasteiger partial charge in [0.05, 0.1) is 31.6 Å². The molecule has 2 heterocycles. The lowest BCUT2D eigenvalue weighted by molar-refractivity contribution is 0.0906. The molecule has 1 amide bonds. The highest BCUT2D eigenvalue weighted by molar-refractivity contribution is 6.62. The number of benzene rings is 1. The lowest BCUT2D eigenvalue weighted by atomic mass is 9.76. The summed E-state index contributed by atoms with van der Waals surface area (Å²) in [5, 5.41) is 22.1. The number of hydrogen-bond donors (Lipinski definition) is 3. The third kappa shape index (κ3) is 4.49. The molecule has 148 valence electrons. The minimum atomic E-state index is -0.956. The number of amides is 1. The number of unbranched alkanes of at least 4 members (excludes halogenated alkanes) is 1. The zero-order valence-electron chi connectivity index (χ0n) is 16.0. The minimum absolute atomic E-state index is 0.118. The lowest BCUT2D eigenvalue weighted by Crippen LogP contribution is -2.37. The number of aliphatic hydroxyl groups is 1. The Kier molecular flexibility index (Phi) is 6.61. The number of aromatic nitrogens is 2. The van der Waals surface area contributed by atoms with Gasteiger partial charge in [-0.05, 0) is 36.0 Å². The Morgan fingerprint density at radius 1 is 1.39 bits per heavy atom. The summed E-state index contributed by atoms with van der Waals surface area (Å²) in [6.45, 7) is 4.14. The van der Waals surface area contributed by atoms with Gasteiger partial charge >= 0.3 is 7.12 Å². The van der Waals surface area contributed by atoms with Crippen LogP contribution < -0.4 is 15.5 Å². The number of carbonyl (C=O) groups is 1. The van der Waals surface area contributed by atoms with Crippen molar-refractivity contribution in [1.29, 1.82) is 0 Å². The summed E-state index contributed by atoms with van der Waals surface area (Å²) in [6, 6.07) is 3.33. The van der Waals surface area contributed by atoms with Crippen molar-refractivity contribution in [1.82, 2.24) is 15.3 Å². The molecule has 28 heavy (non-hydrogen) atoms. The van der Waals surface area contributed by atoms with E-state index in [0.717, 1.165) is 24.0 Å². The first kappa shape index (κ1) is 20.3. The van der Waals surface area contributed by atoms with E-state index in [1.807, 2.05) is 13.0 Å². The van der Waals surface area contributed by atoms with E-state index < -0.39 is 7.12 Å². The summed E-state index contributed by atoms with van der Waals surface area (Å²) in [5.74, 6) is 0.385. The van der Waals surface area contributed by atoms with Gasteiger partial charge in [-0.15, -0.1) is 0 Å². The first-order valence-electron chi connectivity index (χ1n) is 9.37. The van der Waals surface area contributed by atoms with Crippen molar-refractivity contribution in [2.75, 3.05) is 6.61 Å². The molecule has 0 unspecified atom stereocenters. The number of carbonyl (C=O) groups excluding carboxylic acids is 1. The minimum Gasteiger partial charge on any atom is -0.437 e. The molecule has 0 aliphatic carbocycles. The molecule has 0 saturated heterocycles. The van der Waals surface area contributed by atoms with E-state index in [2.05, 4.69) is 22.2 Å². The number of nitrogens with zero attached hydrogens (tertiary/aromatic N) is 2. The number of rotatable bonds is 8. The first-order chi connectivity index (χ1) is 13.5. The Bertz CT molecular complexity index is 831. The standard InChI is InChI=1S/C19H24BN3O5/c1-3-4-5-14(10-24)23-19(25)15-8-22-17(9-21-15)28-16-7-6-13-11-27-20(26)18(13)12(16)2/h6-9,14,24,26H,3-5,10-11H2,1-2H3,(H,23,25)/t14-/m1/s1. The van der Waals surface area contributed by atoms with Crippen LogP contribution in [-0.4, -0.2) is 45.8 Å². The van der Waals surface area contributed by atoms with Crippen LogP contribution in [0, 0.1) is 6.92 Å². The third-order valence-electron chi connectivity index (χ3n) is 4.74. The van der Waals surface area contributed by atoms with Gasteiger partial charge in [0.25, 0.3) is 5.91 Å². The highest BCUT2D eigenvalue weighted by Crippen LogP contribution is 2.25. The fourth-order valence-electron chi connectivity index (χ4n) is 3.11. The van der Waals surface area contributed by atoms with E-state index in [4.69, 9.17) is 9.39 Å². The largest absolute Gasteiger partial charge is 0.492 e. The Labute approximate surface area is 164 Å². The van der Waals surface area contributed by atoms with E-state index >= 15 is 0 Å². The Morgan fingerprint density at radius 2 is 2.21 bits per heavy atom. The molecule has 0 bridgehead atoms. The van der Waals surface area contributed by atoms with Crippen molar-refractivity contribution < 1.29 is 24.3 Å². The van der Waals surface area contributed by atoms with Gasteiger partial charge in [-0.3, -0.25) is 4.79 Å². The fourth-order valence-corrected chi connectivity index (χ4v) is 3.11. The second-order valence-electron chi connectivity index (χ2n) is 6.76. The van der Waals surface area contributed by atoms with Gasteiger partial charge in [0.1, 0.15) is 11.4 Å². The molecule has 0 radical (unpaired) electrons. The average Bonchev–Trinajstić information content (AvgIpc) is 3.09. The Morgan fingerprint density at radius 3 is 2.89 bits per heavy atom. The quantitative estimate of drug-likeness (QED) is 0.583. The number of nitrogens with one attached hydrogen (secondary N) is 1. The predicted octanol–water partition coefficient (Wildman–Crippen LogP) is 1.08. The molecule has 2 aromatic rings. The normalized spacial score (nSPS) is 13.9. The van der Waals surface area contributed by atoms with E-state index in [0.29, 0.717) is 24.2 Å². The number of aliphatic hydroxyl groups excluding tert-OH is 1.